The van der Waals surface area contributed by atoms with Crippen LogP contribution in [0.25, 0.3) is 0 Å². The summed E-state index contributed by atoms with van der Waals surface area (Å²) in [6.07, 6.45) is 1.02. The molecule has 0 radical (unpaired) electrons. The Morgan fingerprint density at radius 2 is 2.05 bits per heavy atom. The second kappa shape index (κ2) is 6.09. The number of thiophene rings is 1. The van der Waals surface area contributed by atoms with Gasteiger partial charge in [0.15, 0.2) is 0 Å². The minimum absolute atomic E-state index is 0.0111. The zero-order chi connectivity index (χ0) is 15.8. The SMILES string of the molecule is CCC(C)C1NC(c2ccsc2)N(C(C)C(C)(C)C)C1=O. The first-order valence-electron chi connectivity index (χ1n) is 7.87. The molecule has 1 aromatic heterocycles. The van der Waals surface area contributed by atoms with Gasteiger partial charge in [-0.1, -0.05) is 41.0 Å². The lowest BCUT2D eigenvalue weighted by molar-refractivity contribution is -0.135. The molecule has 1 N–H and O–H groups in total. The Balaban J connectivity index is 2.35. The van der Waals surface area contributed by atoms with E-state index in [1.165, 1.54) is 5.56 Å². The molecule has 3 nitrogen and oxygen atoms in total. The van der Waals surface area contributed by atoms with Gasteiger partial charge in [-0.2, -0.15) is 11.3 Å². The molecule has 1 amide bonds. The van der Waals surface area contributed by atoms with Crippen molar-refractivity contribution in [3.8, 4) is 0 Å². The van der Waals surface area contributed by atoms with Crippen LogP contribution in [0.15, 0.2) is 16.8 Å². The van der Waals surface area contributed by atoms with Crippen LogP contribution in [0.4, 0.5) is 0 Å². The van der Waals surface area contributed by atoms with Gasteiger partial charge in [-0.25, -0.2) is 0 Å². The number of amides is 1. The number of hydrogen-bond donors (Lipinski definition) is 1. The second-order valence-electron chi connectivity index (χ2n) is 7.28. The summed E-state index contributed by atoms with van der Waals surface area (Å²) >= 11 is 1.69. The third-order valence-corrected chi connectivity index (χ3v) is 5.58. The second-order valence-corrected chi connectivity index (χ2v) is 8.06. The molecule has 1 fully saturated rings. The maximum Gasteiger partial charge on any atom is 0.241 e. The number of nitrogens with one attached hydrogen (secondary N) is 1. The van der Waals surface area contributed by atoms with E-state index in [4.69, 9.17) is 0 Å². The number of hydrogen-bond acceptors (Lipinski definition) is 3. The van der Waals surface area contributed by atoms with E-state index in [2.05, 4.69) is 68.6 Å². The summed E-state index contributed by atoms with van der Waals surface area (Å²) in [6, 6.07) is 2.25. The zero-order valence-corrected chi connectivity index (χ0v) is 14.8. The fourth-order valence-electron chi connectivity index (χ4n) is 2.77. The van der Waals surface area contributed by atoms with Crippen molar-refractivity contribution in [2.24, 2.45) is 11.3 Å². The van der Waals surface area contributed by atoms with Crippen molar-refractivity contribution in [2.45, 2.75) is 66.2 Å². The third-order valence-electron chi connectivity index (χ3n) is 4.88. The third kappa shape index (κ3) is 3.16. The largest absolute Gasteiger partial charge is 0.318 e. The average Bonchev–Trinajstić information content (AvgIpc) is 3.03. The summed E-state index contributed by atoms with van der Waals surface area (Å²) in [4.78, 5) is 15.0. The van der Waals surface area contributed by atoms with Crippen LogP contribution in [0.5, 0.6) is 0 Å². The van der Waals surface area contributed by atoms with Crippen molar-refractivity contribution in [2.75, 3.05) is 0 Å². The molecule has 2 rings (SSSR count). The molecule has 1 aliphatic rings. The molecule has 118 valence electrons. The summed E-state index contributed by atoms with van der Waals surface area (Å²) in [7, 11) is 0. The topological polar surface area (TPSA) is 32.3 Å². The Labute approximate surface area is 132 Å². The summed E-state index contributed by atoms with van der Waals surface area (Å²) in [5, 5.41) is 7.81. The highest BCUT2D eigenvalue weighted by Crippen LogP contribution is 2.36. The molecule has 0 aliphatic carbocycles. The molecule has 1 aliphatic heterocycles. The molecule has 2 heterocycles. The van der Waals surface area contributed by atoms with Crippen LogP contribution in [0.3, 0.4) is 0 Å². The van der Waals surface area contributed by atoms with Crippen molar-refractivity contribution in [3.05, 3.63) is 22.4 Å². The monoisotopic (exact) mass is 308 g/mol. The number of rotatable bonds is 4. The predicted octanol–water partition coefficient (Wildman–Crippen LogP) is 4.03. The molecule has 0 spiro atoms. The summed E-state index contributed by atoms with van der Waals surface area (Å²) < 4.78 is 0. The van der Waals surface area contributed by atoms with Crippen LogP contribution in [0.2, 0.25) is 0 Å². The van der Waals surface area contributed by atoms with Gasteiger partial charge in [0, 0.05) is 6.04 Å². The van der Waals surface area contributed by atoms with Gasteiger partial charge in [-0.05, 0) is 40.6 Å². The minimum atomic E-state index is -0.0651. The van der Waals surface area contributed by atoms with Crippen molar-refractivity contribution in [1.29, 1.82) is 0 Å². The quantitative estimate of drug-likeness (QED) is 0.911. The van der Waals surface area contributed by atoms with E-state index < -0.39 is 0 Å². The van der Waals surface area contributed by atoms with Gasteiger partial charge in [0.2, 0.25) is 5.91 Å². The van der Waals surface area contributed by atoms with E-state index in [1.54, 1.807) is 11.3 Å². The molecule has 4 unspecified atom stereocenters. The zero-order valence-electron chi connectivity index (χ0n) is 14.0. The Hall–Kier alpha value is -0.870. The van der Waals surface area contributed by atoms with Crippen molar-refractivity contribution in [1.82, 2.24) is 10.2 Å². The Kier molecular flexibility index (Phi) is 4.79. The van der Waals surface area contributed by atoms with Crippen LogP contribution in [0.1, 0.15) is 59.7 Å². The van der Waals surface area contributed by atoms with E-state index in [-0.39, 0.29) is 29.6 Å². The Bertz CT molecular complexity index is 477. The van der Waals surface area contributed by atoms with Crippen molar-refractivity contribution in [3.63, 3.8) is 0 Å². The molecule has 0 bridgehead atoms. The lowest BCUT2D eigenvalue weighted by atomic mass is 9.86. The van der Waals surface area contributed by atoms with E-state index in [9.17, 15) is 4.79 Å². The standard InChI is InChI=1S/C17H28N2OS/c1-7-11(2)14-16(20)19(12(3)17(4,5)6)15(18-14)13-8-9-21-10-13/h8-12,14-15,18H,7H2,1-6H3. The average molecular weight is 308 g/mol. The van der Waals surface area contributed by atoms with Crippen molar-refractivity contribution >= 4 is 17.2 Å². The molecule has 0 saturated carbocycles. The Morgan fingerprint density at radius 3 is 2.52 bits per heavy atom. The molecule has 21 heavy (non-hydrogen) atoms. The van der Waals surface area contributed by atoms with Crippen LogP contribution in [-0.2, 0) is 4.79 Å². The van der Waals surface area contributed by atoms with Gasteiger partial charge in [0.1, 0.15) is 6.17 Å². The fraction of sp³-hybridized carbons (Fsp3) is 0.706. The van der Waals surface area contributed by atoms with E-state index in [0.29, 0.717) is 5.92 Å². The summed E-state index contributed by atoms with van der Waals surface area (Å²) in [5.41, 5.74) is 1.27. The van der Waals surface area contributed by atoms with E-state index in [1.807, 2.05) is 0 Å². The molecular formula is C17H28N2OS. The molecule has 4 atom stereocenters. The van der Waals surface area contributed by atoms with Crippen molar-refractivity contribution < 1.29 is 4.79 Å². The number of carbonyl (C=O) groups is 1. The number of nitrogens with zero attached hydrogens (tertiary/aromatic N) is 1. The normalized spacial score (nSPS) is 26.2. The maximum atomic E-state index is 13.0. The Morgan fingerprint density at radius 1 is 1.38 bits per heavy atom. The van der Waals surface area contributed by atoms with Gasteiger partial charge < -0.3 is 4.90 Å². The summed E-state index contributed by atoms with van der Waals surface area (Å²) in [6.45, 7) is 13.1. The number of carbonyl (C=O) groups excluding carboxylic acids is 1. The molecule has 1 saturated heterocycles. The van der Waals surface area contributed by atoms with E-state index >= 15 is 0 Å². The molecule has 0 aromatic carbocycles. The van der Waals surface area contributed by atoms with Gasteiger partial charge >= 0.3 is 0 Å². The predicted molar refractivity (Wildman–Crippen MR) is 89.2 cm³/mol. The van der Waals surface area contributed by atoms with Gasteiger partial charge in [0.25, 0.3) is 0 Å². The highest BCUT2D eigenvalue weighted by molar-refractivity contribution is 7.07. The fourth-order valence-corrected chi connectivity index (χ4v) is 3.45. The molecule has 1 aromatic rings. The highest BCUT2D eigenvalue weighted by Gasteiger charge is 2.46. The van der Waals surface area contributed by atoms with Crippen LogP contribution in [-0.4, -0.2) is 22.9 Å². The van der Waals surface area contributed by atoms with Gasteiger partial charge in [-0.3, -0.25) is 10.1 Å². The van der Waals surface area contributed by atoms with Crippen LogP contribution < -0.4 is 5.32 Å². The lowest BCUT2D eigenvalue weighted by Gasteiger charge is -2.38. The maximum absolute atomic E-state index is 13.0. The molecule has 4 heteroatoms. The first kappa shape index (κ1) is 16.5. The van der Waals surface area contributed by atoms with Crippen LogP contribution >= 0.6 is 11.3 Å². The van der Waals surface area contributed by atoms with Gasteiger partial charge in [0.05, 0.1) is 6.04 Å². The highest BCUT2D eigenvalue weighted by atomic mass is 32.1. The van der Waals surface area contributed by atoms with E-state index in [0.717, 1.165) is 6.42 Å². The lowest BCUT2D eigenvalue weighted by Crippen LogP contribution is -2.45. The smallest absolute Gasteiger partial charge is 0.241 e. The minimum Gasteiger partial charge on any atom is -0.318 e. The van der Waals surface area contributed by atoms with Crippen LogP contribution in [0, 0.1) is 11.3 Å². The van der Waals surface area contributed by atoms with Gasteiger partial charge in [-0.15, -0.1) is 0 Å². The summed E-state index contributed by atoms with van der Waals surface area (Å²) in [5.74, 6) is 0.610. The first-order valence-corrected chi connectivity index (χ1v) is 8.82. The first-order chi connectivity index (χ1) is 9.77. The molecular weight excluding hydrogens is 280 g/mol.